The van der Waals surface area contributed by atoms with E-state index in [0.29, 0.717) is 16.2 Å². The lowest BCUT2D eigenvalue weighted by atomic mass is 10.2. The number of hydrogen-bond donors (Lipinski definition) is 0. The fraction of sp³-hybridized carbons (Fsp3) is 0.111. The lowest BCUT2D eigenvalue weighted by Gasteiger charge is -2.05. The molecule has 2 aromatic carbocycles. The van der Waals surface area contributed by atoms with Crippen LogP contribution in [-0.2, 0) is 4.79 Å². The van der Waals surface area contributed by atoms with Crippen molar-refractivity contribution in [1.82, 2.24) is 0 Å². The van der Waals surface area contributed by atoms with E-state index in [1.54, 1.807) is 24.3 Å². The Kier molecular flexibility index (Phi) is 4.21. The average Bonchev–Trinajstić information content (AvgIpc) is 2.50. The molecule has 0 fully saturated rings. The Morgan fingerprint density at radius 2 is 1.83 bits per heavy atom. The molecule has 116 valence electrons. The van der Waals surface area contributed by atoms with Crippen LogP contribution in [0.25, 0.3) is 11.0 Å². The highest BCUT2D eigenvalue weighted by Crippen LogP contribution is 2.28. The van der Waals surface area contributed by atoms with Gasteiger partial charge in [-0.2, -0.15) is 0 Å². The van der Waals surface area contributed by atoms with Crippen molar-refractivity contribution in [2.75, 3.05) is 0 Å². The Labute approximate surface area is 137 Å². The van der Waals surface area contributed by atoms with Gasteiger partial charge in [-0.3, -0.25) is 4.79 Å². The molecule has 0 spiro atoms. The van der Waals surface area contributed by atoms with Crippen molar-refractivity contribution in [3.63, 3.8) is 0 Å². The Bertz CT molecular complexity index is 926. The number of fused-ring (bicyclic) bond motifs is 1. The number of carbonyl (C=O) groups is 1. The van der Waals surface area contributed by atoms with Crippen LogP contribution in [-0.4, -0.2) is 5.97 Å². The molecular formula is C18H14O4S. The van der Waals surface area contributed by atoms with E-state index < -0.39 is 11.6 Å². The quantitative estimate of drug-likeness (QED) is 0.410. The monoisotopic (exact) mass is 326 g/mol. The predicted octanol–water partition coefficient (Wildman–Crippen LogP) is 4.18. The second-order valence-electron chi connectivity index (χ2n) is 5.11. The highest BCUT2D eigenvalue weighted by Gasteiger charge is 2.09. The van der Waals surface area contributed by atoms with E-state index in [2.05, 4.69) is 0 Å². The maximum absolute atomic E-state index is 12.1. The molecular weight excluding hydrogens is 312 g/mol. The first-order chi connectivity index (χ1) is 11.0. The SMILES string of the molecule is CC(=O)Oc1ccc2cc(Sc3ccc(C)cc3)c(=O)oc2c1. The molecule has 0 aliphatic heterocycles. The van der Waals surface area contributed by atoms with Gasteiger partial charge >= 0.3 is 11.6 Å². The standard InChI is InChI=1S/C18H14O4S/c1-11-3-7-15(8-4-11)23-17-9-13-5-6-14(21-12(2)19)10-16(13)22-18(17)20/h3-10H,1-2H3. The molecule has 5 heteroatoms. The molecule has 0 amide bonds. The highest BCUT2D eigenvalue weighted by atomic mass is 32.2. The number of benzene rings is 2. The summed E-state index contributed by atoms with van der Waals surface area (Å²) in [6.45, 7) is 3.33. The molecule has 0 saturated heterocycles. The molecule has 0 saturated carbocycles. The number of rotatable bonds is 3. The summed E-state index contributed by atoms with van der Waals surface area (Å²) in [7, 11) is 0. The van der Waals surface area contributed by atoms with Gasteiger partial charge in [0.25, 0.3) is 0 Å². The van der Waals surface area contributed by atoms with Gasteiger partial charge < -0.3 is 9.15 Å². The Hall–Kier alpha value is -2.53. The second kappa shape index (κ2) is 6.30. The van der Waals surface area contributed by atoms with E-state index in [4.69, 9.17) is 9.15 Å². The molecule has 23 heavy (non-hydrogen) atoms. The van der Waals surface area contributed by atoms with Crippen molar-refractivity contribution >= 4 is 28.7 Å². The summed E-state index contributed by atoms with van der Waals surface area (Å²) in [5.74, 6) is -0.0645. The molecule has 0 bridgehead atoms. The molecule has 0 aliphatic carbocycles. The van der Waals surface area contributed by atoms with Gasteiger partial charge in [-0.05, 0) is 37.3 Å². The van der Waals surface area contributed by atoms with Crippen molar-refractivity contribution in [3.05, 3.63) is 64.5 Å². The second-order valence-corrected chi connectivity index (χ2v) is 6.22. The Balaban J connectivity index is 1.96. The number of carbonyl (C=O) groups excluding carboxylic acids is 1. The third-order valence-corrected chi connectivity index (χ3v) is 4.20. The molecule has 1 aromatic heterocycles. The van der Waals surface area contributed by atoms with Gasteiger partial charge in [0.05, 0.1) is 4.90 Å². The average molecular weight is 326 g/mol. The minimum Gasteiger partial charge on any atom is -0.427 e. The van der Waals surface area contributed by atoms with E-state index in [1.807, 2.05) is 31.2 Å². The van der Waals surface area contributed by atoms with Crippen molar-refractivity contribution < 1.29 is 13.9 Å². The van der Waals surface area contributed by atoms with Gasteiger partial charge in [-0.25, -0.2) is 4.79 Å². The first kappa shape index (κ1) is 15.4. The van der Waals surface area contributed by atoms with Crippen LogP contribution in [0.15, 0.2) is 67.5 Å². The summed E-state index contributed by atoms with van der Waals surface area (Å²) in [5.41, 5.74) is 1.14. The minimum atomic E-state index is -0.418. The topological polar surface area (TPSA) is 56.5 Å². The summed E-state index contributed by atoms with van der Waals surface area (Å²) in [6, 6.07) is 14.7. The van der Waals surface area contributed by atoms with Crippen molar-refractivity contribution in [2.45, 2.75) is 23.6 Å². The Morgan fingerprint density at radius 1 is 1.09 bits per heavy atom. The summed E-state index contributed by atoms with van der Waals surface area (Å²) in [5, 5.41) is 0.773. The fourth-order valence-electron chi connectivity index (χ4n) is 2.11. The van der Waals surface area contributed by atoms with Crippen LogP contribution in [0.4, 0.5) is 0 Å². The summed E-state index contributed by atoms with van der Waals surface area (Å²) < 4.78 is 10.3. The highest BCUT2D eigenvalue weighted by molar-refractivity contribution is 7.99. The summed E-state index contributed by atoms with van der Waals surface area (Å²) in [4.78, 5) is 24.6. The van der Waals surface area contributed by atoms with E-state index in [1.165, 1.54) is 18.7 Å². The van der Waals surface area contributed by atoms with Crippen molar-refractivity contribution in [3.8, 4) is 5.75 Å². The van der Waals surface area contributed by atoms with E-state index in [-0.39, 0.29) is 0 Å². The maximum Gasteiger partial charge on any atom is 0.350 e. The summed E-state index contributed by atoms with van der Waals surface area (Å²) >= 11 is 1.36. The number of aryl methyl sites for hydroxylation is 1. The zero-order chi connectivity index (χ0) is 16.4. The normalized spacial score (nSPS) is 10.7. The third kappa shape index (κ3) is 3.63. The van der Waals surface area contributed by atoms with Crippen LogP contribution >= 0.6 is 11.8 Å². The largest absolute Gasteiger partial charge is 0.427 e. The Morgan fingerprint density at radius 3 is 2.52 bits per heavy atom. The molecule has 0 unspecified atom stereocenters. The van der Waals surface area contributed by atoms with Crippen LogP contribution in [0.5, 0.6) is 5.75 Å². The zero-order valence-electron chi connectivity index (χ0n) is 12.7. The van der Waals surface area contributed by atoms with Crippen LogP contribution in [0, 0.1) is 6.92 Å². The summed E-state index contributed by atoms with van der Waals surface area (Å²) in [6.07, 6.45) is 0. The first-order valence-corrected chi connectivity index (χ1v) is 7.84. The van der Waals surface area contributed by atoms with Crippen LogP contribution in [0.1, 0.15) is 12.5 Å². The van der Waals surface area contributed by atoms with Gasteiger partial charge in [0, 0.05) is 23.3 Å². The van der Waals surface area contributed by atoms with Gasteiger partial charge in [0.15, 0.2) is 0 Å². The lowest BCUT2D eigenvalue weighted by molar-refractivity contribution is -0.131. The van der Waals surface area contributed by atoms with Gasteiger partial charge in [0.2, 0.25) is 0 Å². The lowest BCUT2D eigenvalue weighted by Crippen LogP contribution is -2.03. The zero-order valence-corrected chi connectivity index (χ0v) is 13.5. The molecule has 1 heterocycles. The number of ether oxygens (including phenoxy) is 1. The smallest absolute Gasteiger partial charge is 0.350 e. The first-order valence-electron chi connectivity index (χ1n) is 7.02. The van der Waals surface area contributed by atoms with Crippen LogP contribution in [0.2, 0.25) is 0 Å². The predicted molar refractivity (Wildman–Crippen MR) is 89.1 cm³/mol. The van der Waals surface area contributed by atoms with E-state index in [9.17, 15) is 9.59 Å². The van der Waals surface area contributed by atoms with E-state index >= 15 is 0 Å². The fourth-order valence-corrected chi connectivity index (χ4v) is 2.94. The number of esters is 1. The van der Waals surface area contributed by atoms with Crippen molar-refractivity contribution in [1.29, 1.82) is 0 Å². The minimum absolute atomic E-state index is 0.354. The molecule has 3 aromatic rings. The molecule has 0 N–H and O–H groups in total. The maximum atomic E-state index is 12.1. The van der Waals surface area contributed by atoms with Crippen LogP contribution in [0.3, 0.4) is 0 Å². The van der Waals surface area contributed by atoms with Crippen LogP contribution < -0.4 is 10.4 Å². The molecule has 0 aliphatic rings. The molecule has 0 radical (unpaired) electrons. The number of hydrogen-bond acceptors (Lipinski definition) is 5. The van der Waals surface area contributed by atoms with Gasteiger partial charge in [-0.1, -0.05) is 29.5 Å². The third-order valence-electron chi connectivity index (χ3n) is 3.19. The van der Waals surface area contributed by atoms with Gasteiger partial charge in [-0.15, -0.1) is 0 Å². The van der Waals surface area contributed by atoms with Crippen molar-refractivity contribution in [2.24, 2.45) is 0 Å². The molecule has 3 rings (SSSR count). The van der Waals surface area contributed by atoms with Gasteiger partial charge in [0.1, 0.15) is 11.3 Å². The van der Waals surface area contributed by atoms with E-state index in [0.717, 1.165) is 15.8 Å². The molecule has 4 nitrogen and oxygen atoms in total. The molecule has 0 atom stereocenters.